The second kappa shape index (κ2) is 5.18. The number of ether oxygens (including phenoxy) is 1. The number of hydrogen-bond acceptors (Lipinski definition) is 4. The van der Waals surface area contributed by atoms with E-state index >= 15 is 0 Å². The summed E-state index contributed by atoms with van der Waals surface area (Å²) in [7, 11) is 1.36. The van der Waals surface area contributed by atoms with Crippen LogP contribution >= 0.6 is 0 Å². The Hall–Kier alpha value is -2.01. The largest absolute Gasteiger partial charge is 0.504 e. The van der Waals surface area contributed by atoms with Crippen LogP contribution in [0.15, 0.2) is 18.2 Å². The molecule has 0 heterocycles. The summed E-state index contributed by atoms with van der Waals surface area (Å²) in [4.78, 5) is 10.4. The molecule has 0 atom stereocenters. The van der Waals surface area contributed by atoms with Crippen LogP contribution in [0.3, 0.4) is 0 Å². The number of aromatic hydroxyl groups is 1. The van der Waals surface area contributed by atoms with Crippen LogP contribution in [-0.4, -0.2) is 28.4 Å². The molecule has 1 rings (SSSR count). The highest BCUT2D eigenvalue weighted by molar-refractivity contribution is 5.85. The van der Waals surface area contributed by atoms with E-state index in [1.165, 1.54) is 25.3 Å². The third-order valence-electron chi connectivity index (χ3n) is 2.04. The molecule has 0 saturated carbocycles. The second-order valence-corrected chi connectivity index (χ2v) is 3.02. The maximum Gasteiger partial charge on any atom is 0.328 e. The van der Waals surface area contributed by atoms with Gasteiger partial charge < -0.3 is 20.1 Å². The molecule has 16 heavy (non-hydrogen) atoms. The van der Waals surface area contributed by atoms with E-state index in [1.807, 2.05) is 0 Å². The van der Waals surface area contributed by atoms with Crippen LogP contribution < -0.4 is 4.74 Å². The average molecular weight is 224 g/mol. The van der Waals surface area contributed by atoms with Crippen LogP contribution in [0.25, 0.3) is 6.08 Å². The van der Waals surface area contributed by atoms with Crippen molar-refractivity contribution in [1.82, 2.24) is 0 Å². The fraction of sp³-hybridized carbons (Fsp3) is 0.182. The van der Waals surface area contributed by atoms with Crippen molar-refractivity contribution < 1.29 is 24.9 Å². The highest BCUT2D eigenvalue weighted by Crippen LogP contribution is 2.33. The number of aliphatic hydroxyl groups is 1. The summed E-state index contributed by atoms with van der Waals surface area (Å²) >= 11 is 0. The molecule has 0 amide bonds. The first kappa shape index (κ1) is 12.1. The van der Waals surface area contributed by atoms with Gasteiger partial charge in [0.05, 0.1) is 13.7 Å². The zero-order valence-electron chi connectivity index (χ0n) is 8.67. The van der Waals surface area contributed by atoms with Crippen LogP contribution in [0.2, 0.25) is 0 Å². The number of carboxylic acids is 1. The summed E-state index contributed by atoms with van der Waals surface area (Å²) < 4.78 is 4.92. The number of benzene rings is 1. The van der Waals surface area contributed by atoms with E-state index in [2.05, 4.69) is 0 Å². The van der Waals surface area contributed by atoms with Gasteiger partial charge in [-0.2, -0.15) is 0 Å². The van der Waals surface area contributed by atoms with Gasteiger partial charge in [0.2, 0.25) is 0 Å². The smallest absolute Gasteiger partial charge is 0.328 e. The maximum absolute atomic E-state index is 10.4. The van der Waals surface area contributed by atoms with Gasteiger partial charge in [-0.3, -0.25) is 0 Å². The summed E-state index contributed by atoms with van der Waals surface area (Å²) in [5, 5.41) is 27.1. The number of phenolic OH excluding ortho intramolecular Hbond substituents is 1. The zero-order valence-corrected chi connectivity index (χ0v) is 8.67. The number of carbonyl (C=O) groups is 1. The molecule has 0 radical (unpaired) electrons. The van der Waals surface area contributed by atoms with Gasteiger partial charge in [0.15, 0.2) is 11.5 Å². The Balaban J connectivity index is 3.24. The second-order valence-electron chi connectivity index (χ2n) is 3.02. The molecule has 1 aromatic carbocycles. The number of rotatable bonds is 4. The zero-order chi connectivity index (χ0) is 12.1. The van der Waals surface area contributed by atoms with Gasteiger partial charge in [-0.05, 0) is 17.7 Å². The normalized spacial score (nSPS) is 10.6. The van der Waals surface area contributed by atoms with Crippen LogP contribution in [0, 0.1) is 0 Å². The quantitative estimate of drug-likeness (QED) is 0.664. The summed E-state index contributed by atoms with van der Waals surface area (Å²) in [6.45, 7) is -0.350. The highest BCUT2D eigenvalue weighted by atomic mass is 16.5. The van der Waals surface area contributed by atoms with Crippen molar-refractivity contribution in [2.24, 2.45) is 0 Å². The Bertz CT molecular complexity index is 423. The lowest BCUT2D eigenvalue weighted by molar-refractivity contribution is -0.131. The molecule has 0 spiro atoms. The van der Waals surface area contributed by atoms with E-state index in [-0.39, 0.29) is 18.1 Å². The number of aliphatic hydroxyl groups excluding tert-OH is 1. The lowest BCUT2D eigenvalue weighted by atomic mass is 10.1. The molecular formula is C11H12O5. The predicted molar refractivity (Wildman–Crippen MR) is 57.3 cm³/mol. The van der Waals surface area contributed by atoms with E-state index < -0.39 is 5.97 Å². The molecule has 5 nitrogen and oxygen atoms in total. The third kappa shape index (κ3) is 2.52. The third-order valence-corrected chi connectivity index (χ3v) is 2.04. The summed E-state index contributed by atoms with van der Waals surface area (Å²) in [5.74, 6) is -1.04. The number of aliphatic carboxylic acids is 1. The van der Waals surface area contributed by atoms with Crippen LogP contribution in [-0.2, 0) is 11.4 Å². The molecule has 5 heteroatoms. The highest BCUT2D eigenvalue weighted by Gasteiger charge is 2.11. The first-order valence-corrected chi connectivity index (χ1v) is 4.50. The van der Waals surface area contributed by atoms with E-state index in [0.717, 1.165) is 6.08 Å². The maximum atomic E-state index is 10.4. The van der Waals surface area contributed by atoms with Crippen LogP contribution in [0.5, 0.6) is 11.5 Å². The van der Waals surface area contributed by atoms with Crippen molar-refractivity contribution >= 4 is 12.0 Å². The molecule has 0 fully saturated rings. The molecular weight excluding hydrogens is 212 g/mol. The monoisotopic (exact) mass is 224 g/mol. The molecule has 0 aliphatic rings. The van der Waals surface area contributed by atoms with E-state index in [1.54, 1.807) is 0 Å². The standard InChI is InChI=1S/C11H12O5/c1-16-11-8(6-12)7(2-4-9(11)13)3-5-10(14)15/h2-5,12-13H,6H2,1H3,(H,14,15)/b5-3+. The van der Waals surface area contributed by atoms with Crippen molar-refractivity contribution in [3.63, 3.8) is 0 Å². The van der Waals surface area contributed by atoms with E-state index in [0.29, 0.717) is 11.1 Å². The Morgan fingerprint density at radius 3 is 2.69 bits per heavy atom. The molecule has 0 unspecified atom stereocenters. The Labute approximate surface area is 92.2 Å². The minimum Gasteiger partial charge on any atom is -0.504 e. The van der Waals surface area contributed by atoms with E-state index in [9.17, 15) is 9.90 Å². The van der Waals surface area contributed by atoms with Crippen molar-refractivity contribution in [3.8, 4) is 11.5 Å². The van der Waals surface area contributed by atoms with Crippen molar-refractivity contribution in [2.45, 2.75) is 6.61 Å². The lowest BCUT2D eigenvalue weighted by Crippen LogP contribution is -1.96. The number of methoxy groups -OCH3 is 1. The molecule has 0 aromatic heterocycles. The topological polar surface area (TPSA) is 87.0 Å². The van der Waals surface area contributed by atoms with Gasteiger partial charge in [0, 0.05) is 11.6 Å². The molecule has 0 bridgehead atoms. The summed E-state index contributed by atoms with van der Waals surface area (Å²) in [6.07, 6.45) is 2.28. The minimum absolute atomic E-state index is 0.0981. The SMILES string of the molecule is COc1c(O)ccc(/C=C/C(=O)O)c1CO. The first-order valence-electron chi connectivity index (χ1n) is 4.50. The van der Waals surface area contributed by atoms with Crippen LogP contribution in [0.1, 0.15) is 11.1 Å². The lowest BCUT2D eigenvalue weighted by Gasteiger charge is -2.10. The first-order chi connectivity index (χ1) is 7.60. The van der Waals surface area contributed by atoms with Gasteiger partial charge >= 0.3 is 5.97 Å². The molecule has 0 saturated heterocycles. The van der Waals surface area contributed by atoms with Crippen molar-refractivity contribution in [1.29, 1.82) is 0 Å². The van der Waals surface area contributed by atoms with Crippen LogP contribution in [0.4, 0.5) is 0 Å². The molecule has 86 valence electrons. The molecule has 1 aromatic rings. The number of hydrogen-bond donors (Lipinski definition) is 3. The van der Waals surface area contributed by atoms with Gasteiger partial charge in [0.25, 0.3) is 0 Å². The average Bonchev–Trinajstić information content (AvgIpc) is 2.26. The molecule has 0 aliphatic heterocycles. The Morgan fingerprint density at radius 2 is 2.19 bits per heavy atom. The minimum atomic E-state index is -1.09. The Morgan fingerprint density at radius 1 is 1.50 bits per heavy atom. The summed E-state index contributed by atoms with van der Waals surface area (Å²) in [5.41, 5.74) is 0.833. The van der Waals surface area contributed by atoms with Crippen molar-refractivity contribution in [3.05, 3.63) is 29.3 Å². The van der Waals surface area contributed by atoms with Gasteiger partial charge in [-0.1, -0.05) is 6.07 Å². The van der Waals surface area contributed by atoms with Crippen molar-refractivity contribution in [2.75, 3.05) is 7.11 Å². The Kier molecular flexibility index (Phi) is 3.90. The van der Waals surface area contributed by atoms with Gasteiger partial charge in [-0.25, -0.2) is 4.79 Å². The van der Waals surface area contributed by atoms with Gasteiger partial charge in [-0.15, -0.1) is 0 Å². The summed E-state index contributed by atoms with van der Waals surface area (Å²) in [6, 6.07) is 2.88. The predicted octanol–water partition coefficient (Wildman–Crippen LogP) is 0.991. The fourth-order valence-electron chi connectivity index (χ4n) is 1.34. The van der Waals surface area contributed by atoms with Gasteiger partial charge in [0.1, 0.15) is 0 Å². The number of carboxylic acid groups (broad SMARTS) is 1. The number of phenols is 1. The molecule has 3 N–H and O–H groups in total. The molecule has 0 aliphatic carbocycles. The fourth-order valence-corrected chi connectivity index (χ4v) is 1.34. The van der Waals surface area contributed by atoms with E-state index in [4.69, 9.17) is 14.9 Å².